The third-order valence-corrected chi connectivity index (χ3v) is 12.0. The number of hydrogen-bond acceptors (Lipinski definition) is 1. The third-order valence-electron chi connectivity index (χ3n) is 12.0. The minimum Gasteiger partial charge on any atom is -0.310 e. The maximum Gasteiger partial charge on any atom is 0.0562 e. The van der Waals surface area contributed by atoms with Crippen molar-refractivity contribution >= 4 is 38.9 Å². The SMILES string of the molecule is c1ccc(-c2ccc(-c3ccc(N(c4ccc(-c5ccccc5)c(-c5ccccc5)c4)c4cccc5c4c4ccccc4n5-c4ccccc4)cc3-c3ccccc3)cc2)cc1. The van der Waals surface area contributed by atoms with Crippen LogP contribution in [0.15, 0.2) is 255 Å². The second-order valence-corrected chi connectivity index (χ2v) is 15.7. The molecule has 11 rings (SSSR count). The van der Waals surface area contributed by atoms with Crippen molar-refractivity contribution in [3.05, 3.63) is 255 Å². The Kier molecular flexibility index (Phi) is 9.57. The molecule has 11 aromatic rings. The van der Waals surface area contributed by atoms with E-state index in [1.807, 2.05) is 0 Å². The molecule has 10 aromatic carbocycles. The minimum atomic E-state index is 1.07. The fraction of sp³-hybridized carbons (Fsp3) is 0. The predicted molar refractivity (Wildman–Crippen MR) is 263 cm³/mol. The molecule has 0 aliphatic rings. The molecule has 0 fully saturated rings. The molecule has 2 nitrogen and oxygen atoms in total. The van der Waals surface area contributed by atoms with Crippen LogP contribution >= 0.6 is 0 Å². The van der Waals surface area contributed by atoms with E-state index in [0.717, 1.165) is 28.3 Å². The van der Waals surface area contributed by atoms with Gasteiger partial charge in [0, 0.05) is 27.8 Å². The van der Waals surface area contributed by atoms with E-state index in [9.17, 15) is 0 Å². The zero-order valence-electron chi connectivity index (χ0n) is 34.1. The lowest BCUT2D eigenvalue weighted by atomic mass is 9.92. The van der Waals surface area contributed by atoms with Crippen LogP contribution in [0.25, 0.3) is 83.1 Å². The van der Waals surface area contributed by atoms with Crippen LogP contribution in [0.4, 0.5) is 17.1 Å². The summed E-state index contributed by atoms with van der Waals surface area (Å²) < 4.78 is 2.40. The Labute approximate surface area is 362 Å². The van der Waals surface area contributed by atoms with Crippen molar-refractivity contribution in [2.24, 2.45) is 0 Å². The first kappa shape index (κ1) is 36.8. The van der Waals surface area contributed by atoms with Gasteiger partial charge in [-0.3, -0.25) is 0 Å². The molecular formula is C60H42N2. The van der Waals surface area contributed by atoms with Crippen molar-refractivity contribution in [3.8, 4) is 61.3 Å². The summed E-state index contributed by atoms with van der Waals surface area (Å²) >= 11 is 0. The number of benzene rings is 10. The van der Waals surface area contributed by atoms with E-state index >= 15 is 0 Å². The van der Waals surface area contributed by atoms with Crippen LogP contribution in [0, 0.1) is 0 Å². The molecule has 292 valence electrons. The standard InChI is InChI=1S/C60H42N2/c1-6-19-43(20-7-1)44-33-35-48(36-34-44)53-40-38-51(42-56(53)47-25-12-4-13-26-47)61(50-37-39-52(45-21-8-2-9-22-45)55(41-50)46-23-10-3-11-24-46)58-31-18-32-59-60(58)54-29-16-17-30-57(54)62(59)49-27-14-5-15-28-49/h1-42H. The summed E-state index contributed by atoms with van der Waals surface area (Å²) in [6.07, 6.45) is 0. The van der Waals surface area contributed by atoms with Gasteiger partial charge in [-0.15, -0.1) is 0 Å². The second kappa shape index (κ2) is 16.1. The van der Waals surface area contributed by atoms with Crippen LogP contribution in [0.1, 0.15) is 0 Å². The van der Waals surface area contributed by atoms with Crippen LogP contribution in [0.2, 0.25) is 0 Å². The Bertz CT molecular complexity index is 3300. The van der Waals surface area contributed by atoms with E-state index in [2.05, 4.69) is 264 Å². The Morgan fingerprint density at radius 3 is 1.23 bits per heavy atom. The first-order chi connectivity index (χ1) is 30.8. The maximum atomic E-state index is 2.47. The summed E-state index contributed by atoms with van der Waals surface area (Å²) in [6, 6.07) is 92.2. The minimum absolute atomic E-state index is 1.07. The molecule has 0 saturated heterocycles. The van der Waals surface area contributed by atoms with E-state index in [1.54, 1.807) is 0 Å². The molecule has 0 saturated carbocycles. The summed E-state index contributed by atoms with van der Waals surface area (Å²) in [4.78, 5) is 2.47. The highest BCUT2D eigenvalue weighted by Crippen LogP contribution is 2.47. The number of rotatable bonds is 9. The van der Waals surface area contributed by atoms with Gasteiger partial charge < -0.3 is 9.47 Å². The summed E-state index contributed by atoms with van der Waals surface area (Å²) in [5.74, 6) is 0. The molecular weight excluding hydrogens is 749 g/mol. The average molecular weight is 791 g/mol. The first-order valence-electron chi connectivity index (χ1n) is 21.3. The molecule has 1 heterocycles. The molecule has 2 heteroatoms. The number of para-hydroxylation sites is 2. The fourth-order valence-corrected chi connectivity index (χ4v) is 9.12. The highest BCUT2D eigenvalue weighted by atomic mass is 15.1. The highest BCUT2D eigenvalue weighted by molar-refractivity contribution is 6.16. The van der Waals surface area contributed by atoms with Crippen LogP contribution in [-0.2, 0) is 0 Å². The Balaban J connectivity index is 1.18. The van der Waals surface area contributed by atoms with Crippen LogP contribution in [0.3, 0.4) is 0 Å². The lowest BCUT2D eigenvalue weighted by Gasteiger charge is -2.29. The van der Waals surface area contributed by atoms with Crippen molar-refractivity contribution in [2.45, 2.75) is 0 Å². The molecule has 0 N–H and O–H groups in total. The normalized spacial score (nSPS) is 11.2. The van der Waals surface area contributed by atoms with Crippen LogP contribution in [0.5, 0.6) is 0 Å². The smallest absolute Gasteiger partial charge is 0.0562 e. The lowest BCUT2D eigenvalue weighted by Crippen LogP contribution is -2.11. The van der Waals surface area contributed by atoms with Crippen molar-refractivity contribution in [3.63, 3.8) is 0 Å². The van der Waals surface area contributed by atoms with Gasteiger partial charge in [0.15, 0.2) is 0 Å². The molecule has 0 aliphatic carbocycles. The molecule has 62 heavy (non-hydrogen) atoms. The molecule has 0 amide bonds. The Hall–Kier alpha value is -8.20. The van der Waals surface area contributed by atoms with E-state index in [1.165, 1.54) is 71.9 Å². The first-order valence-corrected chi connectivity index (χ1v) is 21.3. The van der Waals surface area contributed by atoms with Gasteiger partial charge in [-0.05, 0) is 110 Å². The van der Waals surface area contributed by atoms with Crippen LogP contribution in [-0.4, -0.2) is 4.57 Å². The summed E-state index contributed by atoms with van der Waals surface area (Å²) in [6.45, 7) is 0. The van der Waals surface area contributed by atoms with Crippen molar-refractivity contribution in [1.82, 2.24) is 4.57 Å². The van der Waals surface area contributed by atoms with Gasteiger partial charge in [0.2, 0.25) is 0 Å². The van der Waals surface area contributed by atoms with Crippen molar-refractivity contribution < 1.29 is 0 Å². The van der Waals surface area contributed by atoms with Crippen LogP contribution < -0.4 is 4.90 Å². The van der Waals surface area contributed by atoms with Gasteiger partial charge in [-0.1, -0.05) is 200 Å². The topological polar surface area (TPSA) is 8.17 Å². The number of hydrogen-bond donors (Lipinski definition) is 0. The maximum absolute atomic E-state index is 2.47. The predicted octanol–water partition coefficient (Wildman–Crippen LogP) is 16.6. The molecule has 0 atom stereocenters. The molecule has 0 bridgehead atoms. The van der Waals surface area contributed by atoms with E-state index in [-0.39, 0.29) is 0 Å². The van der Waals surface area contributed by atoms with Gasteiger partial charge in [0.25, 0.3) is 0 Å². The zero-order valence-corrected chi connectivity index (χ0v) is 34.1. The fourth-order valence-electron chi connectivity index (χ4n) is 9.12. The van der Waals surface area contributed by atoms with E-state index in [0.29, 0.717) is 0 Å². The zero-order chi connectivity index (χ0) is 41.2. The van der Waals surface area contributed by atoms with Gasteiger partial charge in [-0.25, -0.2) is 0 Å². The van der Waals surface area contributed by atoms with Crippen molar-refractivity contribution in [2.75, 3.05) is 4.90 Å². The second-order valence-electron chi connectivity index (χ2n) is 15.7. The van der Waals surface area contributed by atoms with Gasteiger partial charge in [0.1, 0.15) is 0 Å². The summed E-state index contributed by atoms with van der Waals surface area (Å²) in [5, 5.41) is 2.40. The molecule has 0 radical (unpaired) electrons. The molecule has 0 spiro atoms. The number of aromatic nitrogens is 1. The lowest BCUT2D eigenvalue weighted by molar-refractivity contribution is 1.18. The quantitative estimate of drug-likeness (QED) is 0.141. The monoisotopic (exact) mass is 790 g/mol. The summed E-state index contributed by atoms with van der Waals surface area (Å²) in [7, 11) is 0. The number of anilines is 3. The third kappa shape index (κ3) is 6.74. The molecule has 0 aliphatic heterocycles. The van der Waals surface area contributed by atoms with E-state index in [4.69, 9.17) is 0 Å². The number of fused-ring (bicyclic) bond motifs is 3. The molecule has 0 unspecified atom stereocenters. The van der Waals surface area contributed by atoms with Gasteiger partial charge in [0.05, 0.1) is 16.7 Å². The number of nitrogens with zero attached hydrogens (tertiary/aromatic N) is 2. The van der Waals surface area contributed by atoms with E-state index < -0.39 is 0 Å². The molecule has 1 aromatic heterocycles. The largest absolute Gasteiger partial charge is 0.310 e. The van der Waals surface area contributed by atoms with Crippen molar-refractivity contribution in [1.29, 1.82) is 0 Å². The van der Waals surface area contributed by atoms with Gasteiger partial charge in [-0.2, -0.15) is 0 Å². The van der Waals surface area contributed by atoms with Gasteiger partial charge >= 0.3 is 0 Å². The average Bonchev–Trinajstić information content (AvgIpc) is 3.70. The highest BCUT2D eigenvalue weighted by Gasteiger charge is 2.23. The summed E-state index contributed by atoms with van der Waals surface area (Å²) in [5.41, 5.74) is 18.6. The Morgan fingerprint density at radius 2 is 0.677 bits per heavy atom. The Morgan fingerprint density at radius 1 is 0.274 bits per heavy atom.